The molecular formula is C24H26Na4O5. The Morgan fingerprint density at radius 2 is 0.576 bits per heavy atom. The largest absolute Gasteiger partial charge is 0.507 e. The van der Waals surface area contributed by atoms with Gasteiger partial charge in [-0.25, -0.2) is 0 Å². The fourth-order valence-corrected chi connectivity index (χ4v) is 2.67. The third kappa shape index (κ3) is 13.9. The Morgan fingerprint density at radius 1 is 0.333 bits per heavy atom. The third-order valence-corrected chi connectivity index (χ3v) is 3.98. The average molecular weight is 486 g/mol. The normalized spacial score (nSPS) is 7.76. The maximum atomic E-state index is 9.56. The molecule has 0 bridgehead atoms. The van der Waals surface area contributed by atoms with Crippen LogP contribution in [0.3, 0.4) is 0 Å². The fourth-order valence-electron chi connectivity index (χ4n) is 2.67. The van der Waals surface area contributed by atoms with Crippen LogP contribution in [0, 0.1) is 0 Å². The molecule has 0 fully saturated rings. The molecule has 0 spiro atoms. The summed E-state index contributed by atoms with van der Waals surface area (Å²) in [6, 6.07) is 34.4. The molecule has 9 heteroatoms. The van der Waals surface area contributed by atoms with E-state index >= 15 is 0 Å². The van der Waals surface area contributed by atoms with E-state index in [2.05, 4.69) is 0 Å². The molecular weight excluding hydrogens is 460 g/mol. The molecule has 4 aromatic carbocycles. The van der Waals surface area contributed by atoms with E-state index in [1.54, 1.807) is 12.1 Å². The number of phenolic OH excluding ortho intramolecular Hbond substituents is 2. The van der Waals surface area contributed by atoms with Gasteiger partial charge in [0, 0.05) is 129 Å². The Kier molecular flexibility index (Phi) is 31.7. The molecule has 0 aromatic heterocycles. The zero-order chi connectivity index (χ0) is 18.2. The minimum absolute atomic E-state index is 0. The first-order valence-corrected chi connectivity index (χ1v) is 8.42. The van der Waals surface area contributed by atoms with Gasteiger partial charge in [0.05, 0.1) is 0 Å². The zero-order valence-electron chi connectivity index (χ0n) is 19.8. The molecule has 4 rings (SSSR count). The molecule has 33 heavy (non-hydrogen) atoms. The van der Waals surface area contributed by atoms with Gasteiger partial charge in [-0.2, -0.15) is 0 Å². The van der Waals surface area contributed by atoms with Gasteiger partial charge in [0.2, 0.25) is 0 Å². The Bertz CT molecular complexity index is 893. The summed E-state index contributed by atoms with van der Waals surface area (Å²) in [7, 11) is 0. The predicted molar refractivity (Wildman–Crippen MR) is 141 cm³/mol. The summed E-state index contributed by atoms with van der Waals surface area (Å²) in [5.41, 5.74) is 3.84. The second-order valence-corrected chi connectivity index (χ2v) is 5.77. The number of hydrogen-bond acceptors (Lipinski definition) is 2. The zero-order valence-corrected chi connectivity index (χ0v) is 27.8. The van der Waals surface area contributed by atoms with Gasteiger partial charge in [-0.1, -0.05) is 97.1 Å². The van der Waals surface area contributed by atoms with Gasteiger partial charge >= 0.3 is 0 Å². The molecule has 0 heterocycles. The summed E-state index contributed by atoms with van der Waals surface area (Å²) in [4.78, 5) is 0. The van der Waals surface area contributed by atoms with Crippen LogP contribution in [0.5, 0.6) is 11.5 Å². The molecule has 4 aromatic rings. The van der Waals surface area contributed by atoms with E-state index in [1.807, 2.05) is 97.1 Å². The van der Waals surface area contributed by atoms with Crippen LogP contribution in [-0.2, 0) is 0 Å². The Balaban J connectivity index is -0.000000131. The SMILES string of the molecule is O.O.O.Oc1ccccc1-c1ccccc1.Oc1ccccc1-c1ccccc1.[Na].[Na].[Na].[Na]. The number of aromatic hydroxyl groups is 2. The predicted octanol–water partition coefficient (Wildman–Crippen LogP) is 2.12. The minimum Gasteiger partial charge on any atom is -0.507 e. The molecule has 5 nitrogen and oxygen atoms in total. The number of rotatable bonds is 2. The van der Waals surface area contributed by atoms with Crippen LogP contribution in [0.2, 0.25) is 0 Å². The van der Waals surface area contributed by atoms with Gasteiger partial charge in [0.25, 0.3) is 0 Å². The van der Waals surface area contributed by atoms with E-state index in [-0.39, 0.29) is 135 Å². The smallest absolute Gasteiger partial charge is 0.123 e. The van der Waals surface area contributed by atoms with Crippen molar-refractivity contribution in [3.8, 4) is 33.8 Å². The van der Waals surface area contributed by atoms with Crippen molar-refractivity contribution < 1.29 is 26.6 Å². The van der Waals surface area contributed by atoms with Crippen molar-refractivity contribution in [3.63, 3.8) is 0 Å². The topological polar surface area (TPSA) is 135 Å². The maximum absolute atomic E-state index is 9.56. The first-order valence-electron chi connectivity index (χ1n) is 8.42. The van der Waals surface area contributed by atoms with Crippen LogP contribution in [-0.4, -0.2) is 145 Å². The first kappa shape index (κ1) is 43.4. The van der Waals surface area contributed by atoms with Crippen molar-refractivity contribution in [2.24, 2.45) is 0 Å². The van der Waals surface area contributed by atoms with Crippen molar-refractivity contribution in [2.75, 3.05) is 0 Å². The number of hydrogen-bond donors (Lipinski definition) is 2. The van der Waals surface area contributed by atoms with Crippen molar-refractivity contribution in [1.29, 1.82) is 0 Å². The molecule has 0 aliphatic rings. The quantitative estimate of drug-likeness (QED) is 0.420. The van der Waals surface area contributed by atoms with Gasteiger partial charge in [0.15, 0.2) is 0 Å². The summed E-state index contributed by atoms with van der Waals surface area (Å²) < 4.78 is 0. The second kappa shape index (κ2) is 24.1. The van der Waals surface area contributed by atoms with Crippen molar-refractivity contribution in [1.82, 2.24) is 0 Å². The van der Waals surface area contributed by atoms with Crippen LogP contribution >= 0.6 is 0 Å². The van der Waals surface area contributed by atoms with E-state index in [1.165, 1.54) is 0 Å². The van der Waals surface area contributed by atoms with Crippen LogP contribution < -0.4 is 0 Å². The van der Waals surface area contributed by atoms with E-state index in [0.29, 0.717) is 11.5 Å². The summed E-state index contributed by atoms with van der Waals surface area (Å²) in [5, 5.41) is 19.1. The number of phenols is 2. The van der Waals surface area contributed by atoms with E-state index in [0.717, 1.165) is 22.3 Å². The molecule has 0 aliphatic heterocycles. The van der Waals surface area contributed by atoms with E-state index in [4.69, 9.17) is 0 Å². The molecule has 0 saturated carbocycles. The fraction of sp³-hybridized carbons (Fsp3) is 0. The first-order chi connectivity index (χ1) is 12.8. The second-order valence-electron chi connectivity index (χ2n) is 5.77. The monoisotopic (exact) mass is 486 g/mol. The van der Waals surface area contributed by atoms with Crippen molar-refractivity contribution in [2.45, 2.75) is 0 Å². The molecule has 0 amide bonds. The number of benzene rings is 4. The summed E-state index contributed by atoms with van der Waals surface area (Å²) in [6.07, 6.45) is 0. The average Bonchev–Trinajstić information content (AvgIpc) is 2.71. The van der Waals surface area contributed by atoms with Crippen LogP contribution in [0.1, 0.15) is 0 Å². The van der Waals surface area contributed by atoms with E-state index in [9.17, 15) is 10.2 Å². The minimum atomic E-state index is 0. The molecule has 0 aliphatic carbocycles. The van der Waals surface area contributed by atoms with Gasteiger partial charge in [0.1, 0.15) is 11.5 Å². The van der Waals surface area contributed by atoms with Crippen LogP contribution in [0.4, 0.5) is 0 Å². The Morgan fingerprint density at radius 3 is 0.848 bits per heavy atom. The van der Waals surface area contributed by atoms with Crippen LogP contribution in [0.15, 0.2) is 109 Å². The van der Waals surface area contributed by atoms with Gasteiger partial charge < -0.3 is 26.6 Å². The van der Waals surface area contributed by atoms with Crippen LogP contribution in [0.25, 0.3) is 22.3 Å². The molecule has 0 unspecified atom stereocenters. The van der Waals surface area contributed by atoms with Crippen molar-refractivity contribution in [3.05, 3.63) is 109 Å². The van der Waals surface area contributed by atoms with E-state index < -0.39 is 0 Å². The van der Waals surface area contributed by atoms with Gasteiger partial charge in [-0.3, -0.25) is 0 Å². The summed E-state index contributed by atoms with van der Waals surface area (Å²) >= 11 is 0. The summed E-state index contributed by atoms with van der Waals surface area (Å²) in [6.45, 7) is 0. The number of para-hydroxylation sites is 2. The standard InChI is InChI=1S/2C12H10O.4Na.3H2O/c2*13-12-9-5-4-8-11(12)10-6-2-1-3-7-10;;;;;;;/h2*1-9,13H;;;;;3*1H2. The van der Waals surface area contributed by atoms with Crippen molar-refractivity contribution >= 4 is 118 Å². The maximum Gasteiger partial charge on any atom is 0.123 e. The van der Waals surface area contributed by atoms with Gasteiger partial charge in [-0.05, 0) is 23.3 Å². The molecule has 156 valence electrons. The molecule has 8 N–H and O–H groups in total. The molecule has 0 saturated heterocycles. The molecule has 4 radical (unpaired) electrons. The Hall–Kier alpha value is 0.360. The molecule has 0 atom stereocenters. The third-order valence-electron chi connectivity index (χ3n) is 3.98. The summed E-state index contributed by atoms with van der Waals surface area (Å²) in [5.74, 6) is 0.655. The Labute approximate surface area is 283 Å². The van der Waals surface area contributed by atoms with Gasteiger partial charge in [-0.15, -0.1) is 0 Å².